The van der Waals surface area contributed by atoms with Crippen molar-refractivity contribution in [3.63, 3.8) is 0 Å². The summed E-state index contributed by atoms with van der Waals surface area (Å²) in [7, 11) is 0. The Morgan fingerprint density at radius 3 is 2.64 bits per heavy atom. The third kappa shape index (κ3) is 4.72. The Morgan fingerprint density at radius 2 is 1.89 bits per heavy atom. The van der Waals surface area contributed by atoms with Crippen LogP contribution in [0, 0.1) is 6.92 Å². The average Bonchev–Trinajstić information content (AvgIpc) is 3.24. The molecule has 3 aliphatic rings. The minimum absolute atomic E-state index is 0.0816. The van der Waals surface area contributed by atoms with Gasteiger partial charge >= 0.3 is 5.97 Å². The zero-order chi connectivity index (χ0) is 25.4. The number of amides is 1. The molecule has 1 amide bonds. The lowest BCUT2D eigenvalue weighted by molar-refractivity contribution is -0.143. The smallest absolute Gasteiger partial charge is 0.338 e. The molecule has 0 saturated carbocycles. The SMILES string of the molecule is CC1=C(C(=O)OC(C)C)C(c2cccc(C)c2)N2C(CC(=O)N3CCc4ccccc4C3)=CSC2=N1. The normalized spacial score (nSPS) is 19.1. The third-order valence-electron chi connectivity index (χ3n) is 6.74. The van der Waals surface area contributed by atoms with Gasteiger partial charge in [0.1, 0.15) is 0 Å². The second-order valence-electron chi connectivity index (χ2n) is 9.77. The highest BCUT2D eigenvalue weighted by molar-refractivity contribution is 8.16. The van der Waals surface area contributed by atoms with Gasteiger partial charge in [-0.05, 0) is 56.2 Å². The Morgan fingerprint density at radius 1 is 1.11 bits per heavy atom. The number of hydrogen-bond acceptors (Lipinski definition) is 6. The summed E-state index contributed by atoms with van der Waals surface area (Å²) in [5.74, 6) is -0.287. The van der Waals surface area contributed by atoms with Crippen LogP contribution in [-0.4, -0.2) is 39.5 Å². The van der Waals surface area contributed by atoms with Gasteiger partial charge in [-0.3, -0.25) is 4.79 Å². The zero-order valence-electron chi connectivity index (χ0n) is 21.2. The van der Waals surface area contributed by atoms with Crippen molar-refractivity contribution in [2.75, 3.05) is 6.54 Å². The lowest BCUT2D eigenvalue weighted by atomic mass is 9.92. The number of thioether (sulfide) groups is 1. The van der Waals surface area contributed by atoms with Crippen LogP contribution in [0.2, 0.25) is 0 Å². The number of rotatable bonds is 5. The molecule has 5 rings (SSSR count). The van der Waals surface area contributed by atoms with Crippen LogP contribution in [0.1, 0.15) is 55.5 Å². The monoisotopic (exact) mass is 501 g/mol. The van der Waals surface area contributed by atoms with E-state index < -0.39 is 6.04 Å². The van der Waals surface area contributed by atoms with E-state index >= 15 is 0 Å². The fourth-order valence-corrected chi connectivity index (χ4v) is 6.00. The summed E-state index contributed by atoms with van der Waals surface area (Å²) in [5.41, 5.74) is 6.64. The van der Waals surface area contributed by atoms with Gasteiger partial charge in [-0.1, -0.05) is 65.9 Å². The molecular formula is C29H31N3O3S. The van der Waals surface area contributed by atoms with Crippen LogP contribution in [0.5, 0.6) is 0 Å². The van der Waals surface area contributed by atoms with Gasteiger partial charge in [0, 0.05) is 18.8 Å². The molecule has 0 spiro atoms. The second-order valence-corrected chi connectivity index (χ2v) is 10.6. The number of aliphatic imine (C=N–C) groups is 1. The van der Waals surface area contributed by atoms with Crippen molar-refractivity contribution in [3.8, 4) is 0 Å². The number of benzene rings is 2. The van der Waals surface area contributed by atoms with Gasteiger partial charge in [0.25, 0.3) is 0 Å². The summed E-state index contributed by atoms with van der Waals surface area (Å²) in [4.78, 5) is 35.5. The molecule has 0 aliphatic carbocycles. The Labute approximate surface area is 216 Å². The maximum atomic E-state index is 13.5. The summed E-state index contributed by atoms with van der Waals surface area (Å²) in [6.45, 7) is 8.93. The number of carbonyl (C=O) groups is 2. The van der Waals surface area contributed by atoms with Crippen LogP contribution in [-0.2, 0) is 27.3 Å². The van der Waals surface area contributed by atoms with Gasteiger partial charge in [-0.2, -0.15) is 0 Å². The Hall–Kier alpha value is -3.32. The fourth-order valence-electron chi connectivity index (χ4n) is 5.04. The van der Waals surface area contributed by atoms with Crippen LogP contribution in [0.4, 0.5) is 0 Å². The Bertz CT molecular complexity index is 1310. The van der Waals surface area contributed by atoms with E-state index in [1.54, 1.807) is 0 Å². The van der Waals surface area contributed by atoms with Crippen molar-refractivity contribution >= 4 is 28.8 Å². The molecular weight excluding hydrogens is 470 g/mol. The molecule has 1 atom stereocenters. The van der Waals surface area contributed by atoms with Crippen LogP contribution in [0.3, 0.4) is 0 Å². The van der Waals surface area contributed by atoms with E-state index in [1.807, 2.05) is 62.3 Å². The number of esters is 1. The molecule has 0 fully saturated rings. The molecule has 6 nitrogen and oxygen atoms in total. The van der Waals surface area contributed by atoms with Gasteiger partial charge in [0.2, 0.25) is 5.91 Å². The summed E-state index contributed by atoms with van der Waals surface area (Å²) in [6, 6.07) is 16.1. The molecule has 7 heteroatoms. The predicted octanol–water partition coefficient (Wildman–Crippen LogP) is 5.50. The van der Waals surface area contributed by atoms with E-state index in [4.69, 9.17) is 9.73 Å². The standard InChI is InChI=1S/C29H31N3O3S/c1-18(2)35-28(34)26-20(4)30-29-32(27(26)22-11-7-8-19(3)14-22)24(17-36-29)15-25(33)31-13-12-21-9-5-6-10-23(21)16-31/h5-11,14,17-18,27H,12-13,15-16H2,1-4H3. The maximum absolute atomic E-state index is 13.5. The van der Waals surface area contributed by atoms with E-state index in [1.165, 1.54) is 22.9 Å². The van der Waals surface area contributed by atoms with Gasteiger partial charge < -0.3 is 14.5 Å². The van der Waals surface area contributed by atoms with Crippen LogP contribution in [0.15, 0.2) is 75.9 Å². The molecule has 3 aliphatic heterocycles. The first-order valence-corrected chi connectivity index (χ1v) is 13.3. The van der Waals surface area contributed by atoms with Gasteiger partial charge in [0.05, 0.1) is 29.8 Å². The number of aryl methyl sites for hydroxylation is 1. The molecule has 0 N–H and O–H groups in total. The largest absolute Gasteiger partial charge is 0.459 e. The third-order valence-corrected chi connectivity index (χ3v) is 7.63. The molecule has 2 aromatic rings. The van der Waals surface area contributed by atoms with Crippen molar-refractivity contribution in [1.29, 1.82) is 0 Å². The number of allylic oxidation sites excluding steroid dienone is 1. The first-order valence-electron chi connectivity index (χ1n) is 12.4. The number of ether oxygens (including phenoxy) is 1. The number of carbonyl (C=O) groups excluding carboxylic acids is 2. The highest BCUT2D eigenvalue weighted by atomic mass is 32.2. The molecule has 0 aromatic heterocycles. The van der Waals surface area contributed by atoms with E-state index in [2.05, 4.69) is 29.2 Å². The quantitative estimate of drug-likeness (QED) is 0.507. The van der Waals surface area contributed by atoms with Crippen LogP contribution in [0.25, 0.3) is 0 Å². The first-order chi connectivity index (χ1) is 17.3. The van der Waals surface area contributed by atoms with E-state index in [-0.39, 0.29) is 24.4 Å². The molecule has 1 unspecified atom stereocenters. The van der Waals surface area contributed by atoms with Crippen molar-refractivity contribution in [2.24, 2.45) is 4.99 Å². The Kier molecular flexibility index (Phi) is 6.75. The van der Waals surface area contributed by atoms with Gasteiger partial charge in [-0.15, -0.1) is 0 Å². The first kappa shape index (κ1) is 24.4. The fraction of sp³-hybridized carbons (Fsp3) is 0.345. The second kappa shape index (κ2) is 9.97. The summed E-state index contributed by atoms with van der Waals surface area (Å²) in [5, 5.41) is 2.79. The minimum Gasteiger partial charge on any atom is -0.459 e. The molecule has 0 radical (unpaired) electrons. The van der Waals surface area contributed by atoms with Crippen molar-refractivity contribution in [3.05, 3.63) is 93.2 Å². The van der Waals surface area contributed by atoms with Crippen molar-refractivity contribution < 1.29 is 14.3 Å². The minimum atomic E-state index is -0.403. The molecule has 186 valence electrons. The van der Waals surface area contributed by atoms with Crippen LogP contribution < -0.4 is 0 Å². The summed E-state index contributed by atoms with van der Waals surface area (Å²) >= 11 is 1.50. The number of amidine groups is 1. The van der Waals surface area contributed by atoms with Gasteiger partial charge in [-0.25, -0.2) is 9.79 Å². The maximum Gasteiger partial charge on any atom is 0.338 e. The lowest BCUT2D eigenvalue weighted by Gasteiger charge is -2.37. The molecule has 2 aromatic carbocycles. The van der Waals surface area contributed by atoms with Crippen molar-refractivity contribution in [2.45, 2.75) is 59.2 Å². The number of hydrogen-bond donors (Lipinski definition) is 0. The molecule has 3 heterocycles. The summed E-state index contributed by atoms with van der Waals surface area (Å²) in [6.07, 6.45) is 0.876. The van der Waals surface area contributed by atoms with Gasteiger partial charge in [0.15, 0.2) is 5.17 Å². The van der Waals surface area contributed by atoms with E-state index in [0.29, 0.717) is 24.4 Å². The zero-order valence-corrected chi connectivity index (χ0v) is 22.0. The highest BCUT2D eigenvalue weighted by Gasteiger charge is 2.41. The molecule has 36 heavy (non-hydrogen) atoms. The summed E-state index contributed by atoms with van der Waals surface area (Å²) < 4.78 is 5.64. The van der Waals surface area contributed by atoms with Crippen LogP contribution >= 0.6 is 11.8 Å². The molecule has 0 bridgehead atoms. The van der Waals surface area contributed by atoms with E-state index in [9.17, 15) is 9.59 Å². The highest BCUT2D eigenvalue weighted by Crippen LogP contribution is 2.45. The number of nitrogens with zero attached hydrogens (tertiary/aromatic N) is 3. The Balaban J connectivity index is 1.45. The average molecular weight is 502 g/mol. The van der Waals surface area contributed by atoms with E-state index in [0.717, 1.165) is 28.4 Å². The predicted molar refractivity (Wildman–Crippen MR) is 143 cm³/mol. The topological polar surface area (TPSA) is 62.2 Å². The number of fused-ring (bicyclic) bond motifs is 2. The van der Waals surface area contributed by atoms with Crippen molar-refractivity contribution in [1.82, 2.24) is 9.80 Å². The lowest BCUT2D eigenvalue weighted by Crippen LogP contribution is -2.40. The molecule has 0 saturated heterocycles.